The van der Waals surface area contributed by atoms with E-state index in [1.807, 2.05) is 36.1 Å². The standard InChI is InChI=1S/C20H24FN3O3S/c1-15-6-5-7-17(14-15)22-20(25)16(2)23-10-12-24(13-11-23)28(26,27)19-9-4-3-8-18(19)21/h3-9,14,16H,10-13H2,1-2H3,(H,22,25). The van der Waals surface area contributed by atoms with E-state index < -0.39 is 21.9 Å². The zero-order chi connectivity index (χ0) is 20.3. The van der Waals surface area contributed by atoms with E-state index in [0.717, 1.165) is 17.3 Å². The minimum atomic E-state index is -3.88. The molecule has 28 heavy (non-hydrogen) atoms. The molecule has 0 aromatic heterocycles. The van der Waals surface area contributed by atoms with Crippen molar-refractivity contribution in [3.63, 3.8) is 0 Å². The fourth-order valence-electron chi connectivity index (χ4n) is 3.26. The molecule has 1 saturated heterocycles. The van der Waals surface area contributed by atoms with E-state index in [1.54, 1.807) is 6.92 Å². The van der Waals surface area contributed by atoms with Crippen molar-refractivity contribution in [2.45, 2.75) is 24.8 Å². The summed E-state index contributed by atoms with van der Waals surface area (Å²) in [5, 5.41) is 2.89. The monoisotopic (exact) mass is 405 g/mol. The Morgan fingerprint density at radius 2 is 1.75 bits per heavy atom. The van der Waals surface area contributed by atoms with Gasteiger partial charge in [0.25, 0.3) is 0 Å². The van der Waals surface area contributed by atoms with Crippen molar-refractivity contribution in [3.05, 3.63) is 59.9 Å². The lowest BCUT2D eigenvalue weighted by Gasteiger charge is -2.36. The average Bonchev–Trinajstić information content (AvgIpc) is 2.67. The van der Waals surface area contributed by atoms with E-state index in [0.29, 0.717) is 13.1 Å². The Balaban J connectivity index is 1.61. The van der Waals surface area contributed by atoms with Crippen LogP contribution >= 0.6 is 0 Å². The third-order valence-corrected chi connectivity index (χ3v) is 6.87. The van der Waals surface area contributed by atoms with Crippen LogP contribution < -0.4 is 5.32 Å². The zero-order valence-electron chi connectivity index (χ0n) is 15.9. The predicted octanol–water partition coefficient (Wildman–Crippen LogP) is 2.47. The number of sulfonamides is 1. The maximum absolute atomic E-state index is 13.9. The van der Waals surface area contributed by atoms with Crippen LogP contribution in [0.3, 0.4) is 0 Å². The van der Waals surface area contributed by atoms with Gasteiger partial charge in [-0.1, -0.05) is 24.3 Å². The van der Waals surface area contributed by atoms with E-state index in [1.165, 1.54) is 22.5 Å². The molecule has 8 heteroatoms. The van der Waals surface area contributed by atoms with Gasteiger partial charge in [-0.2, -0.15) is 4.31 Å². The molecule has 2 aromatic rings. The van der Waals surface area contributed by atoms with Crippen molar-refractivity contribution in [2.24, 2.45) is 0 Å². The highest BCUT2D eigenvalue weighted by molar-refractivity contribution is 7.89. The second kappa shape index (κ2) is 8.38. The molecule has 1 atom stereocenters. The summed E-state index contributed by atoms with van der Waals surface area (Å²) in [4.78, 5) is 14.2. The van der Waals surface area contributed by atoms with Gasteiger partial charge in [0.1, 0.15) is 10.7 Å². The number of nitrogens with zero attached hydrogens (tertiary/aromatic N) is 2. The van der Waals surface area contributed by atoms with Crippen LogP contribution in [0.4, 0.5) is 10.1 Å². The van der Waals surface area contributed by atoms with Crippen LogP contribution in [-0.2, 0) is 14.8 Å². The largest absolute Gasteiger partial charge is 0.325 e. The van der Waals surface area contributed by atoms with Crippen LogP contribution in [0, 0.1) is 12.7 Å². The Kier molecular flexibility index (Phi) is 6.12. The topological polar surface area (TPSA) is 69.7 Å². The fourth-order valence-corrected chi connectivity index (χ4v) is 4.75. The number of nitrogens with one attached hydrogen (secondary N) is 1. The SMILES string of the molecule is Cc1cccc(NC(=O)C(C)N2CCN(S(=O)(=O)c3ccccc3F)CC2)c1. The second-order valence-corrected chi connectivity index (χ2v) is 8.81. The van der Waals surface area contributed by atoms with E-state index in [9.17, 15) is 17.6 Å². The number of halogens is 1. The zero-order valence-corrected chi connectivity index (χ0v) is 16.7. The van der Waals surface area contributed by atoms with Gasteiger partial charge in [-0.05, 0) is 43.7 Å². The summed E-state index contributed by atoms with van der Waals surface area (Å²) in [6.45, 7) is 4.96. The molecule has 0 bridgehead atoms. The van der Waals surface area contributed by atoms with Crippen LogP contribution in [0.5, 0.6) is 0 Å². The molecule has 2 aromatic carbocycles. The minimum Gasteiger partial charge on any atom is -0.325 e. The first kappa shape index (κ1) is 20.4. The van der Waals surface area contributed by atoms with Crippen molar-refractivity contribution in [1.29, 1.82) is 0 Å². The molecule has 3 rings (SSSR count). The van der Waals surface area contributed by atoms with Crippen LogP contribution in [-0.4, -0.2) is 55.8 Å². The van der Waals surface area contributed by atoms with Crippen LogP contribution in [0.15, 0.2) is 53.4 Å². The first-order valence-electron chi connectivity index (χ1n) is 9.15. The number of benzene rings is 2. The van der Waals surface area contributed by atoms with Gasteiger partial charge in [0.2, 0.25) is 15.9 Å². The molecule has 150 valence electrons. The summed E-state index contributed by atoms with van der Waals surface area (Å²) in [6.07, 6.45) is 0. The molecule has 0 radical (unpaired) electrons. The number of carbonyl (C=O) groups is 1. The Morgan fingerprint density at radius 1 is 1.07 bits per heavy atom. The molecular weight excluding hydrogens is 381 g/mol. The summed E-state index contributed by atoms with van der Waals surface area (Å²) in [5.41, 5.74) is 1.79. The molecule has 0 saturated carbocycles. The van der Waals surface area contributed by atoms with Crippen LogP contribution in [0.25, 0.3) is 0 Å². The Labute approximate surface area is 165 Å². The summed E-state index contributed by atoms with van der Waals surface area (Å²) in [7, 11) is -3.88. The van der Waals surface area contributed by atoms with Crippen molar-refractivity contribution in [2.75, 3.05) is 31.5 Å². The number of aryl methyl sites for hydroxylation is 1. The predicted molar refractivity (Wildman–Crippen MR) is 106 cm³/mol. The minimum absolute atomic E-state index is 0.143. The number of hydrogen-bond acceptors (Lipinski definition) is 4. The summed E-state index contributed by atoms with van der Waals surface area (Å²) in [5.74, 6) is -0.896. The van der Waals surface area contributed by atoms with Gasteiger partial charge >= 0.3 is 0 Å². The Morgan fingerprint density at radius 3 is 2.39 bits per heavy atom. The maximum atomic E-state index is 13.9. The van der Waals surface area contributed by atoms with Gasteiger partial charge in [0, 0.05) is 31.9 Å². The lowest BCUT2D eigenvalue weighted by atomic mass is 10.2. The molecule has 1 amide bonds. The second-order valence-electron chi connectivity index (χ2n) is 6.91. The number of amides is 1. The van der Waals surface area contributed by atoms with E-state index in [2.05, 4.69) is 5.32 Å². The molecule has 6 nitrogen and oxygen atoms in total. The highest BCUT2D eigenvalue weighted by atomic mass is 32.2. The number of rotatable bonds is 5. The molecule has 1 N–H and O–H groups in total. The van der Waals surface area contributed by atoms with E-state index in [-0.39, 0.29) is 23.9 Å². The molecular formula is C20H24FN3O3S. The normalized spacial score (nSPS) is 17.2. The van der Waals surface area contributed by atoms with Gasteiger partial charge in [-0.25, -0.2) is 12.8 Å². The first-order chi connectivity index (χ1) is 13.3. The van der Waals surface area contributed by atoms with Crippen molar-refractivity contribution >= 4 is 21.6 Å². The maximum Gasteiger partial charge on any atom is 0.246 e. The van der Waals surface area contributed by atoms with Crippen molar-refractivity contribution < 1.29 is 17.6 Å². The third-order valence-electron chi connectivity index (χ3n) is 4.94. The molecule has 0 aliphatic carbocycles. The van der Waals surface area contributed by atoms with Gasteiger partial charge in [-0.15, -0.1) is 0 Å². The highest BCUT2D eigenvalue weighted by Crippen LogP contribution is 2.21. The molecule has 1 aliphatic rings. The molecule has 1 unspecified atom stereocenters. The van der Waals surface area contributed by atoms with Gasteiger partial charge in [0.15, 0.2) is 0 Å². The molecule has 0 spiro atoms. The lowest BCUT2D eigenvalue weighted by Crippen LogP contribution is -2.54. The van der Waals surface area contributed by atoms with Crippen LogP contribution in [0.2, 0.25) is 0 Å². The highest BCUT2D eigenvalue weighted by Gasteiger charge is 2.33. The fraction of sp³-hybridized carbons (Fsp3) is 0.350. The molecule has 1 aliphatic heterocycles. The van der Waals surface area contributed by atoms with Gasteiger partial charge in [0.05, 0.1) is 6.04 Å². The van der Waals surface area contributed by atoms with Gasteiger partial charge in [-0.3, -0.25) is 9.69 Å². The third kappa shape index (κ3) is 4.40. The first-order valence-corrected chi connectivity index (χ1v) is 10.6. The Bertz CT molecular complexity index is 957. The van der Waals surface area contributed by atoms with Crippen LogP contribution in [0.1, 0.15) is 12.5 Å². The van der Waals surface area contributed by atoms with E-state index >= 15 is 0 Å². The Hall–Kier alpha value is -2.29. The number of carbonyl (C=O) groups excluding carboxylic acids is 1. The quantitative estimate of drug-likeness (QED) is 0.830. The smallest absolute Gasteiger partial charge is 0.246 e. The van der Waals surface area contributed by atoms with Crippen molar-refractivity contribution in [3.8, 4) is 0 Å². The number of hydrogen-bond donors (Lipinski definition) is 1. The molecule has 1 fully saturated rings. The number of piperazine rings is 1. The summed E-state index contributed by atoms with van der Waals surface area (Å²) in [6, 6.07) is 12.5. The van der Waals surface area contributed by atoms with E-state index in [4.69, 9.17) is 0 Å². The van der Waals surface area contributed by atoms with Crippen molar-refractivity contribution in [1.82, 2.24) is 9.21 Å². The summed E-state index contributed by atoms with van der Waals surface area (Å²) < 4.78 is 40.5. The van der Waals surface area contributed by atoms with Gasteiger partial charge < -0.3 is 5.32 Å². The lowest BCUT2D eigenvalue weighted by molar-refractivity contribution is -0.121. The molecule has 1 heterocycles. The number of anilines is 1. The average molecular weight is 405 g/mol. The summed E-state index contributed by atoms with van der Waals surface area (Å²) >= 11 is 0.